The molecule has 2 aromatic heterocycles. The number of thiophene rings is 1. The molecular weight excluding hydrogens is 330 g/mol. The Morgan fingerprint density at radius 2 is 2.08 bits per heavy atom. The molecule has 0 spiro atoms. The molecule has 0 aliphatic rings. The molecular formula is C15H13N5O3S. The van der Waals surface area contributed by atoms with Gasteiger partial charge < -0.3 is 10.1 Å². The number of ether oxygens (including phenoxy) is 1. The van der Waals surface area contributed by atoms with Crippen molar-refractivity contribution in [1.82, 2.24) is 25.5 Å². The van der Waals surface area contributed by atoms with Crippen LogP contribution >= 0.6 is 11.3 Å². The minimum atomic E-state index is -0.618. The van der Waals surface area contributed by atoms with Gasteiger partial charge in [0.15, 0.2) is 6.61 Å². The molecule has 0 saturated carbocycles. The van der Waals surface area contributed by atoms with Crippen molar-refractivity contribution < 1.29 is 14.3 Å². The molecule has 8 nitrogen and oxygen atoms in total. The zero-order valence-corrected chi connectivity index (χ0v) is 13.3. The van der Waals surface area contributed by atoms with Crippen LogP contribution in [0.5, 0.6) is 0 Å². The fourth-order valence-corrected chi connectivity index (χ4v) is 2.62. The Morgan fingerprint density at radius 3 is 2.83 bits per heavy atom. The topological polar surface area (TPSA) is 99.0 Å². The summed E-state index contributed by atoms with van der Waals surface area (Å²) in [6.07, 6.45) is 1.37. The number of nitrogens with zero attached hydrogens (tertiary/aromatic N) is 4. The van der Waals surface area contributed by atoms with Gasteiger partial charge in [-0.05, 0) is 34.0 Å². The van der Waals surface area contributed by atoms with Crippen LogP contribution in [0.2, 0.25) is 0 Å². The van der Waals surface area contributed by atoms with E-state index in [1.807, 2.05) is 17.5 Å². The monoisotopic (exact) mass is 343 g/mol. The number of hydrogen-bond acceptors (Lipinski definition) is 7. The second-order valence-electron chi connectivity index (χ2n) is 4.70. The number of benzene rings is 1. The Labute approximate surface area is 141 Å². The molecule has 0 saturated heterocycles. The lowest BCUT2D eigenvalue weighted by molar-refractivity contribution is -0.124. The molecule has 1 N–H and O–H groups in total. The zero-order chi connectivity index (χ0) is 16.8. The molecule has 0 bridgehead atoms. The van der Waals surface area contributed by atoms with Gasteiger partial charge in [-0.3, -0.25) is 4.79 Å². The van der Waals surface area contributed by atoms with Gasteiger partial charge in [0.25, 0.3) is 5.91 Å². The van der Waals surface area contributed by atoms with Crippen molar-refractivity contribution in [3.63, 3.8) is 0 Å². The molecule has 1 amide bonds. The molecule has 1 aromatic carbocycles. The van der Waals surface area contributed by atoms with Gasteiger partial charge in [0.1, 0.15) is 6.33 Å². The summed E-state index contributed by atoms with van der Waals surface area (Å²) in [5.74, 6) is -0.982. The van der Waals surface area contributed by atoms with Gasteiger partial charge in [0, 0.05) is 4.88 Å². The average Bonchev–Trinajstić information content (AvgIpc) is 3.31. The number of carbonyl (C=O) groups excluding carboxylic acids is 2. The second-order valence-corrected chi connectivity index (χ2v) is 5.74. The van der Waals surface area contributed by atoms with E-state index in [9.17, 15) is 9.59 Å². The van der Waals surface area contributed by atoms with Gasteiger partial charge in [-0.15, -0.1) is 16.4 Å². The quantitative estimate of drug-likeness (QED) is 0.675. The first-order valence-electron chi connectivity index (χ1n) is 7.02. The van der Waals surface area contributed by atoms with Crippen LogP contribution in [0.1, 0.15) is 15.2 Å². The first kappa shape index (κ1) is 15.8. The lowest BCUT2D eigenvalue weighted by Crippen LogP contribution is -2.28. The summed E-state index contributed by atoms with van der Waals surface area (Å²) in [5, 5.41) is 15.4. The van der Waals surface area contributed by atoms with Gasteiger partial charge >= 0.3 is 5.97 Å². The van der Waals surface area contributed by atoms with Crippen LogP contribution in [-0.2, 0) is 16.1 Å². The van der Waals surface area contributed by atoms with Gasteiger partial charge in [-0.1, -0.05) is 18.2 Å². The average molecular weight is 343 g/mol. The molecule has 0 atom stereocenters. The summed E-state index contributed by atoms with van der Waals surface area (Å²) in [4.78, 5) is 25.0. The summed E-state index contributed by atoms with van der Waals surface area (Å²) in [6, 6.07) is 10.5. The number of amides is 1. The third-order valence-electron chi connectivity index (χ3n) is 3.09. The zero-order valence-electron chi connectivity index (χ0n) is 12.5. The Balaban J connectivity index is 1.58. The van der Waals surface area contributed by atoms with E-state index in [0.717, 1.165) is 4.88 Å². The number of aromatic nitrogens is 4. The first-order valence-corrected chi connectivity index (χ1v) is 7.90. The molecule has 0 unspecified atom stereocenters. The van der Waals surface area contributed by atoms with Crippen molar-refractivity contribution in [3.8, 4) is 5.69 Å². The standard InChI is InChI=1S/C15H13N5O3S/c21-14(16-8-11-4-3-7-24-11)9-23-15(22)12-5-1-2-6-13(12)20-10-17-18-19-20/h1-7,10H,8-9H2,(H,16,21). The molecule has 0 fully saturated rings. The number of hydrogen-bond donors (Lipinski definition) is 1. The van der Waals surface area contributed by atoms with Crippen LogP contribution in [-0.4, -0.2) is 38.7 Å². The van der Waals surface area contributed by atoms with Crippen molar-refractivity contribution in [2.75, 3.05) is 6.61 Å². The highest BCUT2D eigenvalue weighted by Crippen LogP contribution is 2.14. The van der Waals surface area contributed by atoms with E-state index >= 15 is 0 Å². The molecule has 122 valence electrons. The smallest absolute Gasteiger partial charge is 0.340 e. The maximum atomic E-state index is 12.2. The van der Waals surface area contributed by atoms with Crippen LogP contribution < -0.4 is 5.32 Å². The summed E-state index contributed by atoms with van der Waals surface area (Å²) in [5.41, 5.74) is 0.752. The second kappa shape index (κ2) is 7.47. The Morgan fingerprint density at radius 1 is 1.21 bits per heavy atom. The Bertz CT molecular complexity index is 818. The van der Waals surface area contributed by atoms with Crippen molar-refractivity contribution in [2.45, 2.75) is 6.54 Å². The highest BCUT2D eigenvalue weighted by Gasteiger charge is 2.16. The number of tetrazole rings is 1. The minimum Gasteiger partial charge on any atom is -0.452 e. The van der Waals surface area contributed by atoms with E-state index < -0.39 is 5.97 Å². The van der Waals surface area contributed by atoms with E-state index in [0.29, 0.717) is 12.2 Å². The minimum absolute atomic E-state index is 0.274. The molecule has 24 heavy (non-hydrogen) atoms. The van der Waals surface area contributed by atoms with Crippen LogP contribution in [0.4, 0.5) is 0 Å². The number of carbonyl (C=O) groups is 2. The van der Waals surface area contributed by atoms with Crippen LogP contribution in [0.3, 0.4) is 0 Å². The molecule has 9 heteroatoms. The van der Waals surface area contributed by atoms with Crippen molar-refractivity contribution in [3.05, 3.63) is 58.5 Å². The Kier molecular flexibility index (Phi) is 4.92. The highest BCUT2D eigenvalue weighted by molar-refractivity contribution is 7.09. The predicted molar refractivity (Wildman–Crippen MR) is 85.6 cm³/mol. The van der Waals surface area contributed by atoms with Crippen molar-refractivity contribution >= 4 is 23.2 Å². The number of esters is 1. The fraction of sp³-hybridized carbons (Fsp3) is 0.133. The largest absolute Gasteiger partial charge is 0.452 e. The van der Waals surface area contributed by atoms with E-state index in [1.165, 1.54) is 11.0 Å². The van der Waals surface area contributed by atoms with E-state index in [-0.39, 0.29) is 18.1 Å². The van der Waals surface area contributed by atoms with Gasteiger partial charge in [-0.2, -0.15) is 4.68 Å². The van der Waals surface area contributed by atoms with Crippen LogP contribution in [0.25, 0.3) is 5.69 Å². The first-order chi connectivity index (χ1) is 11.7. The number of nitrogens with one attached hydrogen (secondary N) is 1. The maximum Gasteiger partial charge on any atom is 0.340 e. The highest BCUT2D eigenvalue weighted by atomic mass is 32.1. The normalized spacial score (nSPS) is 10.3. The molecule has 0 aliphatic heterocycles. The number of para-hydroxylation sites is 1. The SMILES string of the molecule is O=C(COC(=O)c1ccccc1-n1cnnn1)NCc1cccs1. The lowest BCUT2D eigenvalue weighted by Gasteiger charge is -2.09. The van der Waals surface area contributed by atoms with Crippen LogP contribution in [0.15, 0.2) is 48.1 Å². The summed E-state index contributed by atoms with van der Waals surface area (Å²) >= 11 is 1.54. The molecule has 2 heterocycles. The summed E-state index contributed by atoms with van der Waals surface area (Å²) < 4.78 is 6.42. The lowest BCUT2D eigenvalue weighted by atomic mass is 10.2. The third-order valence-corrected chi connectivity index (χ3v) is 3.97. The van der Waals surface area contributed by atoms with E-state index in [1.54, 1.807) is 35.6 Å². The van der Waals surface area contributed by atoms with Crippen molar-refractivity contribution in [1.29, 1.82) is 0 Å². The van der Waals surface area contributed by atoms with Gasteiger partial charge in [-0.25, -0.2) is 4.79 Å². The third kappa shape index (κ3) is 3.82. The van der Waals surface area contributed by atoms with E-state index in [2.05, 4.69) is 20.8 Å². The van der Waals surface area contributed by atoms with E-state index in [4.69, 9.17) is 4.74 Å². The van der Waals surface area contributed by atoms with Crippen LogP contribution in [0, 0.1) is 0 Å². The fourth-order valence-electron chi connectivity index (χ4n) is 1.98. The molecule has 0 aliphatic carbocycles. The molecule has 0 radical (unpaired) electrons. The summed E-state index contributed by atoms with van der Waals surface area (Å²) in [7, 11) is 0. The number of rotatable bonds is 6. The maximum absolute atomic E-state index is 12.2. The predicted octanol–water partition coefficient (Wildman–Crippen LogP) is 1.20. The van der Waals surface area contributed by atoms with Gasteiger partial charge in [0.2, 0.25) is 0 Å². The van der Waals surface area contributed by atoms with Crippen molar-refractivity contribution in [2.24, 2.45) is 0 Å². The van der Waals surface area contributed by atoms with Gasteiger partial charge in [0.05, 0.1) is 17.8 Å². The Hall–Kier alpha value is -3.07. The summed E-state index contributed by atoms with van der Waals surface area (Å²) in [6.45, 7) is 0.0589. The molecule has 3 rings (SSSR count). The molecule has 3 aromatic rings.